The minimum atomic E-state index is -0.238. The van der Waals surface area contributed by atoms with Gasteiger partial charge in [0.15, 0.2) is 0 Å². The first-order valence-electron chi connectivity index (χ1n) is 8.17. The van der Waals surface area contributed by atoms with Gasteiger partial charge in [0.05, 0.1) is 0 Å². The normalized spacial score (nSPS) is 13.7. The van der Waals surface area contributed by atoms with Gasteiger partial charge in [-0.25, -0.2) is 0 Å². The summed E-state index contributed by atoms with van der Waals surface area (Å²) in [6, 6.07) is 12.7. The number of amides is 2. The molecule has 1 saturated carbocycles. The molecule has 0 aromatic heterocycles. The molecule has 2 aromatic rings. The van der Waals surface area contributed by atoms with Gasteiger partial charge in [-0.2, -0.15) is 0 Å². The van der Waals surface area contributed by atoms with Gasteiger partial charge in [-0.15, -0.1) is 0 Å². The SMILES string of the molecule is Cc1ccc(NC(=O)/C=C/c2ccc(Cl)cc2)cc1NC(=O)C1CC1. The monoisotopic (exact) mass is 354 g/mol. The predicted octanol–water partition coefficient (Wildman–Crippen LogP) is 4.65. The molecule has 25 heavy (non-hydrogen) atoms. The third-order valence-electron chi connectivity index (χ3n) is 4.01. The fourth-order valence-electron chi connectivity index (χ4n) is 2.34. The lowest BCUT2D eigenvalue weighted by Gasteiger charge is -2.10. The van der Waals surface area contributed by atoms with Gasteiger partial charge in [0.2, 0.25) is 11.8 Å². The minimum absolute atomic E-state index is 0.0502. The number of hydrogen-bond acceptors (Lipinski definition) is 2. The van der Waals surface area contributed by atoms with Gasteiger partial charge in [0.25, 0.3) is 0 Å². The molecule has 0 unspecified atom stereocenters. The Hall–Kier alpha value is -2.59. The maximum atomic E-state index is 12.1. The van der Waals surface area contributed by atoms with Crippen LogP contribution in [0, 0.1) is 12.8 Å². The standard InChI is InChI=1S/C20H19ClN2O2/c1-13-2-10-17(12-18(13)23-20(25)15-6-7-15)22-19(24)11-5-14-3-8-16(21)9-4-14/h2-5,8-12,15H,6-7H2,1H3,(H,22,24)(H,23,25)/b11-5+. The average Bonchev–Trinajstić information content (AvgIpc) is 3.42. The van der Waals surface area contributed by atoms with Crippen LogP contribution in [0.15, 0.2) is 48.5 Å². The van der Waals surface area contributed by atoms with E-state index in [1.54, 1.807) is 24.3 Å². The summed E-state index contributed by atoms with van der Waals surface area (Å²) >= 11 is 5.84. The number of anilines is 2. The lowest BCUT2D eigenvalue weighted by Crippen LogP contribution is -2.15. The van der Waals surface area contributed by atoms with Crippen molar-refractivity contribution in [2.45, 2.75) is 19.8 Å². The molecule has 4 nitrogen and oxygen atoms in total. The first-order valence-corrected chi connectivity index (χ1v) is 8.55. The Morgan fingerprint density at radius 3 is 2.48 bits per heavy atom. The van der Waals surface area contributed by atoms with Gasteiger partial charge in [0, 0.05) is 28.4 Å². The number of aryl methyl sites for hydroxylation is 1. The number of halogens is 1. The summed E-state index contributed by atoms with van der Waals surface area (Å²) in [6.07, 6.45) is 5.09. The van der Waals surface area contributed by atoms with Gasteiger partial charge in [0.1, 0.15) is 0 Å². The molecule has 128 valence electrons. The molecule has 1 fully saturated rings. The fraction of sp³-hybridized carbons (Fsp3) is 0.200. The molecule has 0 heterocycles. The fourth-order valence-corrected chi connectivity index (χ4v) is 2.47. The van der Waals surface area contributed by atoms with E-state index in [1.807, 2.05) is 31.2 Å². The molecule has 2 aromatic carbocycles. The molecule has 0 atom stereocenters. The van der Waals surface area contributed by atoms with Crippen molar-refractivity contribution < 1.29 is 9.59 Å². The van der Waals surface area contributed by atoms with Gasteiger partial charge < -0.3 is 10.6 Å². The van der Waals surface area contributed by atoms with Crippen LogP contribution >= 0.6 is 11.6 Å². The molecule has 0 saturated heterocycles. The van der Waals surface area contributed by atoms with E-state index in [-0.39, 0.29) is 17.7 Å². The summed E-state index contributed by atoms with van der Waals surface area (Å²) < 4.78 is 0. The predicted molar refractivity (Wildman–Crippen MR) is 102 cm³/mol. The number of carbonyl (C=O) groups excluding carboxylic acids is 2. The van der Waals surface area contributed by atoms with Crippen LogP contribution in [0.2, 0.25) is 5.02 Å². The van der Waals surface area contributed by atoms with Gasteiger partial charge in [-0.05, 0) is 61.2 Å². The topological polar surface area (TPSA) is 58.2 Å². The molecule has 3 rings (SSSR count). The first kappa shape index (κ1) is 17.2. The number of rotatable bonds is 5. The van der Waals surface area contributed by atoms with Crippen LogP contribution < -0.4 is 10.6 Å². The van der Waals surface area contributed by atoms with E-state index >= 15 is 0 Å². The molecule has 0 aliphatic heterocycles. The van der Waals surface area contributed by atoms with Crippen LogP contribution in [0.3, 0.4) is 0 Å². The van der Waals surface area contributed by atoms with Gasteiger partial charge in [-0.3, -0.25) is 9.59 Å². The lowest BCUT2D eigenvalue weighted by atomic mass is 10.1. The van der Waals surface area contributed by atoms with Crippen LogP contribution in [0.4, 0.5) is 11.4 Å². The van der Waals surface area contributed by atoms with Crippen LogP contribution in [0.25, 0.3) is 6.08 Å². The Bertz CT molecular complexity index is 824. The van der Waals surface area contributed by atoms with E-state index in [9.17, 15) is 9.59 Å². The zero-order valence-electron chi connectivity index (χ0n) is 13.9. The van der Waals surface area contributed by atoms with Crippen molar-refractivity contribution in [1.82, 2.24) is 0 Å². The molecule has 0 spiro atoms. The maximum Gasteiger partial charge on any atom is 0.248 e. The molecule has 0 radical (unpaired) electrons. The molecule has 2 N–H and O–H groups in total. The maximum absolute atomic E-state index is 12.1. The highest BCUT2D eigenvalue weighted by Crippen LogP contribution is 2.31. The molecule has 0 bridgehead atoms. The van der Waals surface area contributed by atoms with Crippen molar-refractivity contribution in [3.8, 4) is 0 Å². The number of nitrogens with one attached hydrogen (secondary N) is 2. The third-order valence-corrected chi connectivity index (χ3v) is 4.26. The van der Waals surface area contributed by atoms with Crippen molar-refractivity contribution in [3.63, 3.8) is 0 Å². The summed E-state index contributed by atoms with van der Waals surface area (Å²) in [5.74, 6) is -0.0487. The molecule has 1 aliphatic carbocycles. The molecular formula is C20H19ClN2O2. The summed E-state index contributed by atoms with van der Waals surface area (Å²) in [4.78, 5) is 24.0. The summed E-state index contributed by atoms with van der Waals surface area (Å²) in [5, 5.41) is 6.39. The number of hydrogen-bond donors (Lipinski definition) is 2. The summed E-state index contributed by atoms with van der Waals surface area (Å²) in [7, 11) is 0. The Kier molecular flexibility index (Phi) is 5.19. The van der Waals surface area contributed by atoms with E-state index in [4.69, 9.17) is 11.6 Å². The number of carbonyl (C=O) groups is 2. The molecule has 1 aliphatic rings. The second-order valence-corrected chi connectivity index (χ2v) is 6.60. The Morgan fingerprint density at radius 1 is 1.08 bits per heavy atom. The van der Waals surface area contributed by atoms with Crippen molar-refractivity contribution in [1.29, 1.82) is 0 Å². The van der Waals surface area contributed by atoms with Crippen molar-refractivity contribution in [2.75, 3.05) is 10.6 Å². The van der Waals surface area contributed by atoms with Crippen LogP contribution in [0.5, 0.6) is 0 Å². The zero-order valence-corrected chi connectivity index (χ0v) is 14.6. The van der Waals surface area contributed by atoms with Crippen molar-refractivity contribution >= 4 is 40.9 Å². The third kappa shape index (κ3) is 4.94. The quantitative estimate of drug-likeness (QED) is 0.768. The Morgan fingerprint density at radius 2 is 1.80 bits per heavy atom. The van der Waals surface area contributed by atoms with Gasteiger partial charge in [-0.1, -0.05) is 29.8 Å². The smallest absolute Gasteiger partial charge is 0.248 e. The summed E-state index contributed by atoms with van der Waals surface area (Å²) in [6.45, 7) is 1.93. The molecular weight excluding hydrogens is 336 g/mol. The molecule has 5 heteroatoms. The molecule has 2 amide bonds. The van der Waals surface area contributed by atoms with Crippen LogP contribution in [-0.2, 0) is 9.59 Å². The summed E-state index contributed by atoms with van der Waals surface area (Å²) in [5.41, 5.74) is 3.23. The second-order valence-electron chi connectivity index (χ2n) is 6.17. The minimum Gasteiger partial charge on any atom is -0.326 e. The Labute approximate surface area is 151 Å². The Balaban J connectivity index is 1.64. The van der Waals surface area contributed by atoms with E-state index < -0.39 is 0 Å². The first-order chi connectivity index (χ1) is 12.0. The van der Waals surface area contributed by atoms with E-state index in [0.717, 1.165) is 29.7 Å². The zero-order chi connectivity index (χ0) is 17.8. The average molecular weight is 355 g/mol. The highest BCUT2D eigenvalue weighted by atomic mass is 35.5. The lowest BCUT2D eigenvalue weighted by molar-refractivity contribution is -0.117. The van der Waals surface area contributed by atoms with Gasteiger partial charge >= 0.3 is 0 Å². The van der Waals surface area contributed by atoms with E-state index in [0.29, 0.717) is 10.7 Å². The highest BCUT2D eigenvalue weighted by molar-refractivity contribution is 6.30. The van der Waals surface area contributed by atoms with Crippen molar-refractivity contribution in [2.24, 2.45) is 5.92 Å². The largest absolute Gasteiger partial charge is 0.326 e. The number of benzene rings is 2. The van der Waals surface area contributed by atoms with E-state index in [1.165, 1.54) is 6.08 Å². The van der Waals surface area contributed by atoms with Crippen LogP contribution in [0.1, 0.15) is 24.0 Å². The van der Waals surface area contributed by atoms with Crippen molar-refractivity contribution in [3.05, 3.63) is 64.7 Å². The van der Waals surface area contributed by atoms with E-state index in [2.05, 4.69) is 10.6 Å². The second kappa shape index (κ2) is 7.53. The van der Waals surface area contributed by atoms with Crippen LogP contribution in [-0.4, -0.2) is 11.8 Å². The highest BCUT2D eigenvalue weighted by Gasteiger charge is 2.29.